The molecule has 7 nitrogen and oxygen atoms in total. The van der Waals surface area contributed by atoms with Crippen LogP contribution in [0, 0.1) is 0 Å². The molecule has 0 radical (unpaired) electrons. The maximum atomic E-state index is 12.3. The number of fused-ring (bicyclic) bond motifs is 1. The zero-order chi connectivity index (χ0) is 15.3. The van der Waals surface area contributed by atoms with Gasteiger partial charge in [-0.05, 0) is 20.8 Å². The lowest BCUT2D eigenvalue weighted by Crippen LogP contribution is -2.53. The highest BCUT2D eigenvalue weighted by molar-refractivity contribution is 7.90. The van der Waals surface area contributed by atoms with E-state index in [0.29, 0.717) is 12.4 Å². The van der Waals surface area contributed by atoms with E-state index >= 15 is 0 Å². The minimum absolute atomic E-state index is 0.205. The number of carbonyl (C=O) groups is 1. The highest BCUT2D eigenvalue weighted by Gasteiger charge is 2.36. The first-order valence-corrected chi connectivity index (χ1v) is 8.02. The Morgan fingerprint density at radius 1 is 1.30 bits per heavy atom. The van der Waals surface area contributed by atoms with Gasteiger partial charge in [0.25, 0.3) is 0 Å². The Morgan fingerprint density at radius 2 is 1.90 bits per heavy atom. The smallest absolute Gasteiger partial charge is 0.315 e. The first-order chi connectivity index (χ1) is 9.01. The standard InChI is InChI=1S/C12H18N4O3S/c1-12(2,3)16-7-8-6-13-10(20(5,18)19)14-9(8)15(4)11(16)17/h6H,7H2,1-5H3. The molecule has 0 unspecified atom stereocenters. The second-order valence-corrected chi connectivity index (χ2v) is 7.78. The molecule has 0 atom stereocenters. The second-order valence-electron chi connectivity index (χ2n) is 5.87. The van der Waals surface area contributed by atoms with Gasteiger partial charge in [-0.25, -0.2) is 23.2 Å². The summed E-state index contributed by atoms with van der Waals surface area (Å²) in [4.78, 5) is 23.3. The van der Waals surface area contributed by atoms with Crippen molar-refractivity contribution >= 4 is 21.7 Å². The molecule has 0 saturated carbocycles. The van der Waals surface area contributed by atoms with E-state index in [0.717, 1.165) is 11.8 Å². The molecule has 1 aromatic rings. The molecule has 1 aliphatic rings. The molecule has 8 heteroatoms. The van der Waals surface area contributed by atoms with Crippen LogP contribution in [-0.2, 0) is 16.4 Å². The van der Waals surface area contributed by atoms with Crippen LogP contribution < -0.4 is 4.90 Å². The summed E-state index contributed by atoms with van der Waals surface area (Å²) in [6.07, 6.45) is 2.52. The van der Waals surface area contributed by atoms with E-state index < -0.39 is 9.84 Å². The Kier molecular flexibility index (Phi) is 3.24. The summed E-state index contributed by atoms with van der Waals surface area (Å²) in [6, 6.07) is -0.205. The molecule has 0 N–H and O–H groups in total. The highest BCUT2D eigenvalue weighted by Crippen LogP contribution is 2.30. The van der Waals surface area contributed by atoms with Crippen LogP contribution >= 0.6 is 0 Å². The maximum absolute atomic E-state index is 12.3. The van der Waals surface area contributed by atoms with E-state index in [1.54, 1.807) is 11.9 Å². The molecular weight excluding hydrogens is 280 g/mol. The van der Waals surface area contributed by atoms with Gasteiger partial charge in [0.1, 0.15) is 5.82 Å². The van der Waals surface area contributed by atoms with E-state index in [1.807, 2.05) is 20.8 Å². The van der Waals surface area contributed by atoms with Crippen molar-refractivity contribution in [3.05, 3.63) is 11.8 Å². The van der Waals surface area contributed by atoms with Crippen molar-refractivity contribution in [1.29, 1.82) is 0 Å². The summed E-state index contributed by atoms with van der Waals surface area (Å²) in [5, 5.41) is -0.264. The number of amides is 2. The summed E-state index contributed by atoms with van der Waals surface area (Å²) in [6.45, 7) is 6.19. The van der Waals surface area contributed by atoms with Crippen LogP contribution in [-0.4, -0.2) is 48.2 Å². The monoisotopic (exact) mass is 298 g/mol. The highest BCUT2D eigenvalue weighted by atomic mass is 32.2. The van der Waals surface area contributed by atoms with Crippen molar-refractivity contribution in [2.45, 2.75) is 38.0 Å². The van der Waals surface area contributed by atoms with Gasteiger partial charge in [0, 0.05) is 30.6 Å². The molecule has 0 aliphatic carbocycles. The minimum Gasteiger partial charge on any atom is -0.315 e. The molecule has 0 bridgehead atoms. The third kappa shape index (κ3) is 2.47. The maximum Gasteiger partial charge on any atom is 0.326 e. The predicted molar refractivity (Wildman–Crippen MR) is 74.2 cm³/mol. The molecule has 2 amide bonds. The predicted octanol–water partition coefficient (Wildman–Crippen LogP) is 1.05. The fourth-order valence-corrected chi connectivity index (χ4v) is 2.49. The molecule has 0 fully saturated rings. The largest absolute Gasteiger partial charge is 0.326 e. The van der Waals surface area contributed by atoms with Crippen LogP contribution in [0.1, 0.15) is 26.3 Å². The fraction of sp³-hybridized carbons (Fsp3) is 0.583. The summed E-state index contributed by atoms with van der Waals surface area (Å²) in [5.74, 6) is 0.353. The Bertz CT molecular complexity index is 664. The number of hydrogen-bond donors (Lipinski definition) is 0. The van der Waals surface area contributed by atoms with Crippen molar-refractivity contribution in [2.75, 3.05) is 18.2 Å². The van der Waals surface area contributed by atoms with Gasteiger partial charge in [0.2, 0.25) is 15.0 Å². The van der Waals surface area contributed by atoms with Gasteiger partial charge in [-0.3, -0.25) is 4.90 Å². The van der Waals surface area contributed by atoms with Crippen molar-refractivity contribution in [2.24, 2.45) is 0 Å². The SMILES string of the molecule is CN1C(=O)N(C(C)(C)C)Cc2cnc(S(C)(=O)=O)nc21. The molecular formula is C12H18N4O3S. The molecule has 1 aromatic heterocycles. The molecule has 0 saturated heterocycles. The van der Waals surface area contributed by atoms with Gasteiger partial charge < -0.3 is 4.90 Å². The lowest BCUT2D eigenvalue weighted by atomic mass is 10.0. The topological polar surface area (TPSA) is 83.5 Å². The number of aromatic nitrogens is 2. The normalized spacial score (nSPS) is 16.4. The number of sulfone groups is 1. The number of nitrogens with zero attached hydrogens (tertiary/aromatic N) is 4. The van der Waals surface area contributed by atoms with E-state index in [9.17, 15) is 13.2 Å². The van der Waals surface area contributed by atoms with Crippen LogP contribution in [0.2, 0.25) is 0 Å². The summed E-state index contributed by atoms with van der Waals surface area (Å²) in [5.41, 5.74) is 0.396. The van der Waals surface area contributed by atoms with Crippen LogP contribution in [0.3, 0.4) is 0 Å². The van der Waals surface area contributed by atoms with Crippen molar-refractivity contribution in [1.82, 2.24) is 14.9 Å². The summed E-state index contributed by atoms with van der Waals surface area (Å²) in [7, 11) is -1.91. The zero-order valence-electron chi connectivity index (χ0n) is 12.2. The van der Waals surface area contributed by atoms with E-state index in [-0.39, 0.29) is 16.7 Å². The Balaban J connectivity index is 2.52. The lowest BCUT2D eigenvalue weighted by molar-refractivity contribution is 0.142. The molecule has 2 rings (SSSR count). The average molecular weight is 298 g/mol. The number of hydrogen-bond acceptors (Lipinski definition) is 5. The number of urea groups is 1. The Labute approximate surface area is 118 Å². The van der Waals surface area contributed by atoms with Crippen LogP contribution in [0.4, 0.5) is 10.6 Å². The van der Waals surface area contributed by atoms with Gasteiger partial charge in [0.15, 0.2) is 0 Å². The van der Waals surface area contributed by atoms with E-state index in [1.165, 1.54) is 11.1 Å². The number of rotatable bonds is 1. The molecule has 0 spiro atoms. The summed E-state index contributed by atoms with van der Waals surface area (Å²) >= 11 is 0. The molecule has 1 aliphatic heterocycles. The lowest BCUT2D eigenvalue weighted by Gasteiger charge is -2.41. The first kappa shape index (κ1) is 14.7. The summed E-state index contributed by atoms with van der Waals surface area (Å²) < 4.78 is 23.0. The minimum atomic E-state index is -3.49. The van der Waals surface area contributed by atoms with Gasteiger partial charge in [-0.15, -0.1) is 0 Å². The van der Waals surface area contributed by atoms with Crippen molar-refractivity contribution in [3.8, 4) is 0 Å². The van der Waals surface area contributed by atoms with Gasteiger partial charge in [-0.1, -0.05) is 0 Å². The molecule has 2 heterocycles. The van der Waals surface area contributed by atoms with Gasteiger partial charge >= 0.3 is 6.03 Å². The average Bonchev–Trinajstić information content (AvgIpc) is 2.30. The van der Waals surface area contributed by atoms with Crippen molar-refractivity contribution in [3.63, 3.8) is 0 Å². The Morgan fingerprint density at radius 3 is 2.40 bits per heavy atom. The third-order valence-corrected chi connectivity index (χ3v) is 3.98. The van der Waals surface area contributed by atoms with Crippen LogP contribution in [0.25, 0.3) is 0 Å². The fourth-order valence-electron chi connectivity index (χ4n) is 2.00. The van der Waals surface area contributed by atoms with E-state index in [2.05, 4.69) is 9.97 Å². The quantitative estimate of drug-likeness (QED) is 0.724. The number of carbonyl (C=O) groups excluding carboxylic acids is 1. The zero-order valence-corrected chi connectivity index (χ0v) is 13.0. The third-order valence-electron chi connectivity index (χ3n) is 3.12. The van der Waals surface area contributed by atoms with Gasteiger partial charge in [-0.2, -0.15) is 0 Å². The van der Waals surface area contributed by atoms with Crippen molar-refractivity contribution < 1.29 is 13.2 Å². The molecule has 20 heavy (non-hydrogen) atoms. The van der Waals surface area contributed by atoms with Crippen LogP contribution in [0.15, 0.2) is 11.4 Å². The second kappa shape index (κ2) is 4.41. The molecule has 110 valence electrons. The number of anilines is 1. The molecule has 0 aromatic carbocycles. The Hall–Kier alpha value is -1.70. The van der Waals surface area contributed by atoms with Gasteiger partial charge in [0.05, 0.1) is 6.54 Å². The first-order valence-electron chi connectivity index (χ1n) is 6.13. The van der Waals surface area contributed by atoms with E-state index in [4.69, 9.17) is 0 Å². The van der Waals surface area contributed by atoms with Crippen LogP contribution in [0.5, 0.6) is 0 Å².